The molecule has 0 atom stereocenters. The summed E-state index contributed by atoms with van der Waals surface area (Å²) in [6, 6.07) is 42.4. The topological polar surface area (TPSA) is 29.5 Å². The van der Waals surface area contributed by atoms with Crippen molar-refractivity contribution in [1.29, 1.82) is 0 Å². The van der Waals surface area contributed by atoms with Gasteiger partial charge in [0, 0.05) is 33.3 Å². The Kier molecular flexibility index (Phi) is 4.44. The maximum atomic E-state index is 6.45. The Balaban J connectivity index is 1.40. The molecule has 8 rings (SSSR count). The molecule has 0 aliphatic carbocycles. The van der Waals surface area contributed by atoms with E-state index in [-0.39, 0.29) is 0 Å². The van der Waals surface area contributed by atoms with Crippen molar-refractivity contribution in [3.63, 3.8) is 0 Å². The second-order valence-electron chi connectivity index (χ2n) is 9.87. The quantitative estimate of drug-likeness (QED) is 0.247. The number of hydrogen-bond acceptors (Lipinski definition) is 3. The minimum Gasteiger partial charge on any atom is -0.456 e. The molecular weight excluding hydrogens is 466 g/mol. The van der Waals surface area contributed by atoms with E-state index < -0.39 is 0 Å². The van der Waals surface area contributed by atoms with E-state index in [2.05, 4.69) is 121 Å². The zero-order valence-electron chi connectivity index (χ0n) is 20.8. The number of nitrogens with zero attached hydrogens (tertiary/aromatic N) is 1. The number of rotatable bonds is 3. The van der Waals surface area contributed by atoms with Crippen LogP contribution in [0.2, 0.25) is 0 Å². The lowest BCUT2D eigenvalue weighted by Crippen LogP contribution is -2.10. The number of para-hydroxylation sites is 2. The summed E-state index contributed by atoms with van der Waals surface area (Å²) in [4.78, 5) is 2.26. The van der Waals surface area contributed by atoms with Crippen LogP contribution in [-0.4, -0.2) is 0 Å². The van der Waals surface area contributed by atoms with Crippen LogP contribution in [0.25, 0.3) is 54.6 Å². The van der Waals surface area contributed by atoms with E-state index in [1.54, 1.807) is 0 Å². The predicted octanol–water partition coefficient (Wildman–Crippen LogP) is 10.4. The third kappa shape index (κ3) is 3.09. The molecule has 0 bridgehead atoms. The van der Waals surface area contributed by atoms with Crippen LogP contribution in [0, 0.1) is 6.92 Å². The van der Waals surface area contributed by atoms with Crippen molar-refractivity contribution in [3.05, 3.63) is 127 Å². The number of anilines is 3. The van der Waals surface area contributed by atoms with Crippen molar-refractivity contribution < 1.29 is 8.83 Å². The first-order chi connectivity index (χ1) is 18.7. The van der Waals surface area contributed by atoms with Crippen molar-refractivity contribution in [1.82, 2.24) is 0 Å². The number of furan rings is 2. The zero-order chi connectivity index (χ0) is 25.2. The molecule has 6 aromatic carbocycles. The number of hydrogen-bond donors (Lipinski definition) is 0. The van der Waals surface area contributed by atoms with Gasteiger partial charge in [0.15, 0.2) is 5.58 Å². The van der Waals surface area contributed by atoms with Crippen LogP contribution < -0.4 is 4.90 Å². The van der Waals surface area contributed by atoms with Gasteiger partial charge in [-0.2, -0.15) is 0 Å². The van der Waals surface area contributed by atoms with E-state index in [1.165, 1.54) is 16.3 Å². The summed E-state index contributed by atoms with van der Waals surface area (Å²) in [6.07, 6.45) is 0. The predicted molar refractivity (Wildman–Crippen MR) is 158 cm³/mol. The molecule has 3 nitrogen and oxygen atoms in total. The monoisotopic (exact) mass is 489 g/mol. The lowest BCUT2D eigenvalue weighted by atomic mass is 10.0. The van der Waals surface area contributed by atoms with E-state index >= 15 is 0 Å². The number of fused-ring (bicyclic) bond motifs is 8. The third-order valence-corrected chi connectivity index (χ3v) is 7.52. The molecule has 0 N–H and O–H groups in total. The van der Waals surface area contributed by atoms with Gasteiger partial charge in [-0.15, -0.1) is 0 Å². The molecule has 8 aromatic rings. The Bertz CT molecular complexity index is 2150. The van der Waals surface area contributed by atoms with Crippen molar-refractivity contribution in [2.45, 2.75) is 6.92 Å². The molecule has 180 valence electrons. The van der Waals surface area contributed by atoms with Crippen LogP contribution in [0.4, 0.5) is 17.1 Å². The lowest BCUT2D eigenvalue weighted by Gasteiger charge is -2.25. The van der Waals surface area contributed by atoms with Crippen molar-refractivity contribution in [2.75, 3.05) is 4.90 Å². The van der Waals surface area contributed by atoms with Crippen molar-refractivity contribution in [3.8, 4) is 0 Å². The molecule has 0 radical (unpaired) electrons. The van der Waals surface area contributed by atoms with Gasteiger partial charge in [-0.05, 0) is 60.2 Å². The minimum atomic E-state index is 0.864. The first-order valence-electron chi connectivity index (χ1n) is 12.9. The normalized spacial score (nSPS) is 11.8. The van der Waals surface area contributed by atoms with Gasteiger partial charge in [-0.1, -0.05) is 78.4 Å². The summed E-state index contributed by atoms with van der Waals surface area (Å²) >= 11 is 0. The van der Waals surface area contributed by atoms with Gasteiger partial charge >= 0.3 is 0 Å². The van der Waals surface area contributed by atoms with Crippen LogP contribution in [0.15, 0.2) is 130 Å². The highest BCUT2D eigenvalue weighted by Gasteiger charge is 2.20. The highest BCUT2D eigenvalue weighted by molar-refractivity contribution is 6.19. The smallest absolute Gasteiger partial charge is 0.159 e. The van der Waals surface area contributed by atoms with Crippen molar-refractivity contribution in [2.24, 2.45) is 0 Å². The zero-order valence-corrected chi connectivity index (χ0v) is 20.8. The Morgan fingerprint density at radius 1 is 0.500 bits per heavy atom. The molecule has 38 heavy (non-hydrogen) atoms. The van der Waals surface area contributed by atoms with Gasteiger partial charge in [0.25, 0.3) is 0 Å². The molecule has 2 aromatic heterocycles. The maximum absolute atomic E-state index is 6.45. The van der Waals surface area contributed by atoms with Gasteiger partial charge < -0.3 is 13.7 Å². The SMILES string of the molecule is Cc1ccc(N(c2ccc3c(c2)oc2ccc4ccccc4c23)c2cccc3c2oc2ccccc23)cc1. The van der Waals surface area contributed by atoms with E-state index in [0.717, 1.165) is 60.9 Å². The Hall–Kier alpha value is -5.02. The second kappa shape index (κ2) is 7.99. The Morgan fingerprint density at radius 2 is 1.26 bits per heavy atom. The van der Waals surface area contributed by atoms with Crippen LogP contribution >= 0.6 is 0 Å². The molecule has 0 spiro atoms. The molecule has 0 unspecified atom stereocenters. The van der Waals surface area contributed by atoms with Crippen LogP contribution in [0.5, 0.6) is 0 Å². The van der Waals surface area contributed by atoms with Gasteiger partial charge in [0.1, 0.15) is 16.7 Å². The van der Waals surface area contributed by atoms with Gasteiger partial charge in [-0.25, -0.2) is 0 Å². The number of aryl methyl sites for hydroxylation is 1. The summed E-state index contributed by atoms with van der Waals surface area (Å²) < 4.78 is 12.9. The summed E-state index contributed by atoms with van der Waals surface area (Å²) in [5.74, 6) is 0. The van der Waals surface area contributed by atoms with Gasteiger partial charge in [-0.3, -0.25) is 0 Å². The van der Waals surface area contributed by atoms with Crippen LogP contribution in [-0.2, 0) is 0 Å². The molecular formula is C35H23NO2. The first-order valence-corrected chi connectivity index (χ1v) is 12.9. The summed E-state index contributed by atoms with van der Waals surface area (Å²) in [6.45, 7) is 2.11. The maximum Gasteiger partial charge on any atom is 0.159 e. The standard InChI is InChI=1S/C35H23NO2/c1-22-13-16-24(17-14-22)36(30-11-6-10-28-27-9-4-5-12-31(27)38-35(28)30)25-18-19-29-33(21-25)37-32-20-15-23-7-2-3-8-26(23)34(29)32/h2-21H,1H3. The van der Waals surface area contributed by atoms with Gasteiger partial charge in [0.2, 0.25) is 0 Å². The first kappa shape index (κ1) is 21.1. The number of benzene rings is 6. The molecule has 0 aliphatic heterocycles. The Morgan fingerprint density at radius 3 is 2.16 bits per heavy atom. The van der Waals surface area contributed by atoms with E-state index in [9.17, 15) is 0 Å². The fourth-order valence-corrected chi connectivity index (χ4v) is 5.70. The van der Waals surface area contributed by atoms with E-state index in [4.69, 9.17) is 8.83 Å². The van der Waals surface area contributed by atoms with Crippen molar-refractivity contribution >= 4 is 71.7 Å². The largest absolute Gasteiger partial charge is 0.456 e. The fraction of sp³-hybridized carbons (Fsp3) is 0.0286. The molecule has 2 heterocycles. The fourth-order valence-electron chi connectivity index (χ4n) is 5.70. The van der Waals surface area contributed by atoms with E-state index in [0.29, 0.717) is 0 Å². The minimum absolute atomic E-state index is 0.864. The molecule has 0 amide bonds. The van der Waals surface area contributed by atoms with Crippen LogP contribution in [0.3, 0.4) is 0 Å². The Labute approximate surface area is 219 Å². The third-order valence-electron chi connectivity index (χ3n) is 7.52. The highest BCUT2D eigenvalue weighted by atomic mass is 16.3. The lowest BCUT2D eigenvalue weighted by molar-refractivity contribution is 0.667. The van der Waals surface area contributed by atoms with Crippen LogP contribution in [0.1, 0.15) is 5.56 Å². The summed E-state index contributed by atoms with van der Waals surface area (Å²) in [5.41, 5.74) is 7.80. The van der Waals surface area contributed by atoms with E-state index in [1.807, 2.05) is 12.1 Å². The molecule has 0 fully saturated rings. The molecule has 0 saturated carbocycles. The molecule has 3 heteroatoms. The highest BCUT2D eigenvalue weighted by Crippen LogP contribution is 2.44. The second-order valence-corrected chi connectivity index (χ2v) is 9.87. The summed E-state index contributed by atoms with van der Waals surface area (Å²) in [7, 11) is 0. The molecule has 0 saturated heterocycles. The average Bonchev–Trinajstić information content (AvgIpc) is 3.53. The average molecular weight is 490 g/mol. The summed E-state index contributed by atoms with van der Waals surface area (Å²) in [5, 5.41) is 6.92. The molecule has 0 aliphatic rings. The van der Waals surface area contributed by atoms with Gasteiger partial charge in [0.05, 0.1) is 11.4 Å².